The summed E-state index contributed by atoms with van der Waals surface area (Å²) in [5.41, 5.74) is 1.85. The molecule has 0 bridgehead atoms. The summed E-state index contributed by atoms with van der Waals surface area (Å²) in [5, 5.41) is 19.7. The zero-order valence-electron chi connectivity index (χ0n) is 9.79. The van der Waals surface area contributed by atoms with Crippen LogP contribution in [0.4, 0.5) is 5.69 Å². The van der Waals surface area contributed by atoms with Gasteiger partial charge >= 0.3 is 0 Å². The summed E-state index contributed by atoms with van der Waals surface area (Å²) in [6, 6.07) is 6.78. The number of aromatic hydroxyl groups is 1. The summed E-state index contributed by atoms with van der Waals surface area (Å²) in [5.74, 6) is -0.371. The Bertz CT molecular complexity index is 751. The monoisotopic (exact) mass is 254 g/mol. The molecule has 2 aromatic heterocycles. The topological polar surface area (TPSA) is 90.9 Å². The van der Waals surface area contributed by atoms with Crippen LogP contribution in [0.15, 0.2) is 42.9 Å². The molecule has 0 radical (unpaired) electrons. The van der Waals surface area contributed by atoms with Gasteiger partial charge in [0.05, 0.1) is 23.5 Å². The Labute approximate surface area is 108 Å². The maximum atomic E-state index is 12.0. The number of H-pyrrole nitrogens is 1. The van der Waals surface area contributed by atoms with Crippen molar-refractivity contribution in [2.45, 2.75) is 0 Å². The van der Waals surface area contributed by atoms with Crippen LogP contribution in [0.25, 0.3) is 10.9 Å². The Morgan fingerprint density at radius 2 is 2.11 bits per heavy atom. The van der Waals surface area contributed by atoms with Crippen LogP contribution in [-0.2, 0) is 0 Å². The van der Waals surface area contributed by atoms with Gasteiger partial charge in [0.2, 0.25) is 0 Å². The van der Waals surface area contributed by atoms with E-state index in [0.29, 0.717) is 11.3 Å². The number of fused-ring (bicyclic) bond motifs is 1. The molecule has 0 aliphatic carbocycles. The van der Waals surface area contributed by atoms with Gasteiger partial charge < -0.3 is 10.4 Å². The van der Waals surface area contributed by atoms with E-state index in [1.54, 1.807) is 12.3 Å². The predicted octanol–water partition coefficient (Wildman–Crippen LogP) is 1.92. The van der Waals surface area contributed by atoms with E-state index in [1.807, 2.05) is 12.1 Å². The van der Waals surface area contributed by atoms with Gasteiger partial charge in [0, 0.05) is 17.3 Å². The third kappa shape index (κ3) is 2.23. The molecular formula is C13H10N4O2. The van der Waals surface area contributed by atoms with Gasteiger partial charge in [-0.25, -0.2) is 0 Å². The van der Waals surface area contributed by atoms with E-state index in [2.05, 4.69) is 20.5 Å². The Hall–Kier alpha value is -2.89. The number of aromatic amines is 1. The molecule has 1 amide bonds. The molecule has 0 spiro atoms. The minimum absolute atomic E-state index is 0.0436. The number of nitrogens with zero attached hydrogens (tertiary/aromatic N) is 2. The molecule has 19 heavy (non-hydrogen) atoms. The van der Waals surface area contributed by atoms with Gasteiger partial charge in [-0.3, -0.25) is 14.9 Å². The zero-order chi connectivity index (χ0) is 13.2. The molecule has 0 fully saturated rings. The largest absolute Gasteiger partial charge is 0.506 e. The highest BCUT2D eigenvalue weighted by atomic mass is 16.3. The van der Waals surface area contributed by atoms with Crippen LogP contribution in [0.3, 0.4) is 0 Å². The van der Waals surface area contributed by atoms with Crippen LogP contribution < -0.4 is 5.32 Å². The average molecular weight is 254 g/mol. The molecule has 6 nitrogen and oxygen atoms in total. The van der Waals surface area contributed by atoms with Crippen molar-refractivity contribution in [1.29, 1.82) is 0 Å². The van der Waals surface area contributed by atoms with Crippen molar-refractivity contribution in [2.24, 2.45) is 0 Å². The second-order valence-electron chi connectivity index (χ2n) is 4.06. The van der Waals surface area contributed by atoms with E-state index in [-0.39, 0.29) is 11.7 Å². The maximum absolute atomic E-state index is 12.0. The van der Waals surface area contributed by atoms with Gasteiger partial charge in [-0.1, -0.05) is 0 Å². The van der Waals surface area contributed by atoms with Gasteiger partial charge in [0.15, 0.2) is 0 Å². The molecule has 1 aromatic carbocycles. The summed E-state index contributed by atoms with van der Waals surface area (Å²) in [7, 11) is 0. The molecular weight excluding hydrogens is 244 g/mol. The van der Waals surface area contributed by atoms with E-state index in [9.17, 15) is 9.90 Å². The van der Waals surface area contributed by atoms with Crippen LogP contribution in [0.1, 0.15) is 10.4 Å². The highest BCUT2D eigenvalue weighted by Crippen LogP contribution is 2.18. The number of hydrogen-bond donors (Lipinski definition) is 3. The highest BCUT2D eigenvalue weighted by Gasteiger charge is 2.08. The fourth-order valence-electron chi connectivity index (χ4n) is 1.78. The lowest BCUT2D eigenvalue weighted by molar-refractivity contribution is 0.102. The predicted molar refractivity (Wildman–Crippen MR) is 69.9 cm³/mol. The van der Waals surface area contributed by atoms with Crippen molar-refractivity contribution < 1.29 is 9.90 Å². The van der Waals surface area contributed by atoms with E-state index < -0.39 is 0 Å². The van der Waals surface area contributed by atoms with Gasteiger partial charge in [-0.05, 0) is 24.3 Å². The highest BCUT2D eigenvalue weighted by molar-refractivity contribution is 6.05. The van der Waals surface area contributed by atoms with E-state index in [1.165, 1.54) is 18.5 Å². The molecule has 6 heteroatoms. The summed E-state index contributed by atoms with van der Waals surface area (Å²) >= 11 is 0. The van der Waals surface area contributed by atoms with Crippen LogP contribution in [0, 0.1) is 0 Å². The Balaban J connectivity index is 1.86. The van der Waals surface area contributed by atoms with Crippen molar-refractivity contribution in [1.82, 2.24) is 15.2 Å². The van der Waals surface area contributed by atoms with Crippen molar-refractivity contribution >= 4 is 22.5 Å². The average Bonchev–Trinajstić information content (AvgIpc) is 2.86. The number of nitrogens with one attached hydrogen (secondary N) is 2. The third-order valence-corrected chi connectivity index (χ3v) is 2.68. The number of amides is 1. The fourth-order valence-corrected chi connectivity index (χ4v) is 1.78. The maximum Gasteiger partial charge on any atom is 0.257 e. The second kappa shape index (κ2) is 4.41. The number of rotatable bonds is 2. The lowest BCUT2D eigenvalue weighted by atomic mass is 10.2. The number of carbonyl (C=O) groups is 1. The molecule has 94 valence electrons. The van der Waals surface area contributed by atoms with Crippen LogP contribution in [0.5, 0.6) is 5.75 Å². The lowest BCUT2D eigenvalue weighted by Gasteiger charge is -2.05. The molecule has 2 heterocycles. The molecule has 0 saturated heterocycles. The van der Waals surface area contributed by atoms with E-state index in [4.69, 9.17) is 0 Å². The van der Waals surface area contributed by atoms with Crippen molar-refractivity contribution in [3.8, 4) is 5.75 Å². The summed E-state index contributed by atoms with van der Waals surface area (Å²) < 4.78 is 0. The Morgan fingerprint density at radius 1 is 1.21 bits per heavy atom. The quantitative estimate of drug-likeness (QED) is 0.651. The van der Waals surface area contributed by atoms with Gasteiger partial charge in [-0.15, -0.1) is 0 Å². The lowest BCUT2D eigenvalue weighted by Crippen LogP contribution is -2.11. The summed E-state index contributed by atoms with van der Waals surface area (Å²) in [4.78, 5) is 15.7. The first-order chi connectivity index (χ1) is 9.22. The molecule has 0 saturated carbocycles. The third-order valence-electron chi connectivity index (χ3n) is 2.68. The number of pyridine rings is 1. The van der Waals surface area contributed by atoms with Crippen LogP contribution in [0.2, 0.25) is 0 Å². The Morgan fingerprint density at radius 3 is 2.95 bits per heavy atom. The standard InChI is InChI=1S/C13H10N4O2/c18-11-4-9(5-14-7-11)13(19)16-10-1-2-12-8(3-10)6-15-17-12/h1-7,18H,(H,15,17)(H,16,19). The molecule has 3 aromatic rings. The molecule has 0 atom stereocenters. The summed E-state index contributed by atoms with van der Waals surface area (Å²) in [6.07, 6.45) is 4.35. The minimum Gasteiger partial charge on any atom is -0.506 e. The van der Waals surface area contributed by atoms with Gasteiger partial charge in [0.1, 0.15) is 5.75 Å². The number of anilines is 1. The molecule has 3 rings (SSSR count). The summed E-state index contributed by atoms with van der Waals surface area (Å²) in [6.45, 7) is 0. The van der Waals surface area contributed by atoms with Crippen molar-refractivity contribution in [3.63, 3.8) is 0 Å². The molecule has 3 N–H and O–H groups in total. The first kappa shape index (κ1) is 11.2. The van der Waals surface area contributed by atoms with E-state index in [0.717, 1.165) is 10.9 Å². The van der Waals surface area contributed by atoms with Crippen LogP contribution >= 0.6 is 0 Å². The normalized spacial score (nSPS) is 10.5. The van der Waals surface area contributed by atoms with Crippen molar-refractivity contribution in [2.75, 3.05) is 5.32 Å². The first-order valence-electron chi connectivity index (χ1n) is 5.61. The fraction of sp³-hybridized carbons (Fsp3) is 0. The smallest absolute Gasteiger partial charge is 0.257 e. The molecule has 0 aliphatic heterocycles. The van der Waals surface area contributed by atoms with Crippen LogP contribution in [-0.4, -0.2) is 26.2 Å². The first-order valence-corrected chi connectivity index (χ1v) is 5.61. The second-order valence-corrected chi connectivity index (χ2v) is 4.06. The van der Waals surface area contributed by atoms with Gasteiger partial charge in [-0.2, -0.15) is 5.10 Å². The Kier molecular flexibility index (Phi) is 2.60. The van der Waals surface area contributed by atoms with E-state index >= 15 is 0 Å². The molecule has 0 unspecified atom stereocenters. The number of carbonyl (C=O) groups excluding carboxylic acids is 1. The SMILES string of the molecule is O=C(Nc1ccc2[nH]ncc2c1)c1cncc(O)c1. The number of hydrogen-bond acceptors (Lipinski definition) is 4. The van der Waals surface area contributed by atoms with Crippen molar-refractivity contribution in [3.05, 3.63) is 48.4 Å². The zero-order valence-corrected chi connectivity index (χ0v) is 9.79. The molecule has 0 aliphatic rings. The number of aromatic nitrogens is 3. The van der Waals surface area contributed by atoms with Gasteiger partial charge in [0.25, 0.3) is 5.91 Å². The number of benzene rings is 1. The minimum atomic E-state index is -0.328.